The molecule has 1 amide bonds. The Morgan fingerprint density at radius 2 is 1.83 bits per heavy atom. The molecule has 0 unspecified atom stereocenters. The van der Waals surface area contributed by atoms with Crippen LogP contribution in [0.4, 0.5) is 5.69 Å². The van der Waals surface area contributed by atoms with Crippen molar-refractivity contribution in [2.24, 2.45) is 0 Å². The summed E-state index contributed by atoms with van der Waals surface area (Å²) in [6.45, 7) is 0.675. The van der Waals surface area contributed by atoms with Gasteiger partial charge in [0.1, 0.15) is 0 Å². The van der Waals surface area contributed by atoms with Gasteiger partial charge in [0.2, 0.25) is 11.7 Å². The van der Waals surface area contributed by atoms with Crippen LogP contribution in [0.5, 0.6) is 0 Å². The fourth-order valence-electron chi connectivity index (χ4n) is 2.07. The summed E-state index contributed by atoms with van der Waals surface area (Å²) in [5, 5.41) is 13.4. The number of carbonyl (C=O) groups excluding carboxylic acids is 2. The molecule has 7 heteroatoms. The Morgan fingerprint density at radius 3 is 2.35 bits per heavy atom. The van der Waals surface area contributed by atoms with Gasteiger partial charge in [0, 0.05) is 28.7 Å². The van der Waals surface area contributed by atoms with E-state index in [1.165, 1.54) is 19.1 Å². The highest BCUT2D eigenvalue weighted by atomic mass is 35.5. The summed E-state index contributed by atoms with van der Waals surface area (Å²) in [7, 11) is 0. The molecule has 0 heterocycles. The maximum atomic E-state index is 11.6. The summed E-state index contributed by atoms with van der Waals surface area (Å²) in [5.74, 6) is -0.740. The van der Waals surface area contributed by atoms with Gasteiger partial charge in [-0.1, -0.05) is 41.9 Å². The van der Waals surface area contributed by atoms with Gasteiger partial charge in [0.25, 0.3) is 6.54 Å². The fourth-order valence-corrected chi connectivity index (χ4v) is 2.36. The van der Waals surface area contributed by atoms with E-state index in [4.69, 9.17) is 11.6 Å². The number of halogens is 1. The van der Waals surface area contributed by atoms with Crippen LogP contribution < -0.4 is 5.32 Å². The minimum Gasteiger partial charge on any atom is -0.326 e. The number of carbonyl (C=O) groups is 2. The van der Waals surface area contributed by atoms with E-state index in [0.29, 0.717) is 10.7 Å². The van der Waals surface area contributed by atoms with E-state index in [1.54, 1.807) is 30.3 Å². The molecule has 0 aliphatic carbocycles. The van der Waals surface area contributed by atoms with Gasteiger partial charge in [-0.05, 0) is 17.7 Å². The molecule has 1 N–H and O–H groups in total. The van der Waals surface area contributed by atoms with Crippen LogP contribution in [0.15, 0.2) is 42.5 Å². The first-order valence-electron chi connectivity index (χ1n) is 6.69. The lowest BCUT2D eigenvalue weighted by Crippen LogP contribution is -2.13. The van der Waals surface area contributed by atoms with E-state index in [-0.39, 0.29) is 11.5 Å². The van der Waals surface area contributed by atoms with Crippen molar-refractivity contribution in [3.8, 4) is 11.1 Å². The smallest absolute Gasteiger partial charge is 0.265 e. The largest absolute Gasteiger partial charge is 0.326 e. The Bertz CT molecular complexity index is 772. The molecule has 0 bridgehead atoms. The Kier molecular flexibility index (Phi) is 5.08. The minimum absolute atomic E-state index is 0.192. The molecule has 0 aliphatic heterocycles. The zero-order chi connectivity index (χ0) is 17.0. The summed E-state index contributed by atoms with van der Waals surface area (Å²) in [4.78, 5) is 32.3. The summed E-state index contributed by atoms with van der Waals surface area (Å²) in [6, 6.07) is 11.5. The lowest BCUT2D eigenvalue weighted by atomic mass is 10.0. The van der Waals surface area contributed by atoms with Gasteiger partial charge in [-0.3, -0.25) is 19.7 Å². The molecule has 6 nitrogen and oxygen atoms in total. The number of hydrogen-bond donors (Lipinski definition) is 1. The predicted molar refractivity (Wildman–Crippen MR) is 87.4 cm³/mol. The average molecular weight is 333 g/mol. The van der Waals surface area contributed by atoms with E-state index in [0.717, 1.165) is 11.1 Å². The quantitative estimate of drug-likeness (QED) is 0.516. The molecule has 0 atom stereocenters. The number of nitrogens with zero attached hydrogens (tertiary/aromatic N) is 1. The second kappa shape index (κ2) is 7.02. The molecule has 0 radical (unpaired) electrons. The third-order valence-corrected chi connectivity index (χ3v) is 3.39. The number of ketones is 1. The molecular formula is C16H13ClN2O4. The van der Waals surface area contributed by atoms with Crippen LogP contribution in [0, 0.1) is 10.1 Å². The monoisotopic (exact) mass is 332 g/mol. The molecule has 0 aliphatic rings. The summed E-state index contributed by atoms with van der Waals surface area (Å²) in [5.41, 5.74) is 2.36. The molecule has 23 heavy (non-hydrogen) atoms. The summed E-state index contributed by atoms with van der Waals surface area (Å²) < 4.78 is 0. The van der Waals surface area contributed by atoms with E-state index < -0.39 is 17.3 Å². The lowest BCUT2D eigenvalue weighted by Gasteiger charge is -2.08. The number of amides is 1. The fraction of sp³-hybridized carbons (Fsp3) is 0.125. The molecule has 2 rings (SSSR count). The number of anilines is 1. The number of Topliss-reactive ketones (excluding diaryl/α,β-unsaturated/α-hetero) is 1. The first kappa shape index (κ1) is 16.6. The Balaban J connectivity index is 2.24. The topological polar surface area (TPSA) is 89.3 Å². The van der Waals surface area contributed by atoms with Gasteiger partial charge in [0.05, 0.1) is 5.02 Å². The van der Waals surface area contributed by atoms with Crippen molar-refractivity contribution in [1.29, 1.82) is 0 Å². The number of benzene rings is 2. The van der Waals surface area contributed by atoms with Gasteiger partial charge in [0.15, 0.2) is 0 Å². The standard InChI is InChI=1S/C16H13ClN2O4/c1-10(20)18-13-6-7-14(15(17)8-13)11-2-4-12(5-3-11)16(21)9-19(22)23/h2-8H,9H2,1H3,(H,18,20). The number of nitrogens with one attached hydrogen (secondary N) is 1. The molecule has 0 saturated heterocycles. The Labute approximate surface area is 137 Å². The van der Waals surface area contributed by atoms with Gasteiger partial charge in [-0.15, -0.1) is 0 Å². The zero-order valence-electron chi connectivity index (χ0n) is 12.2. The molecule has 0 spiro atoms. The SMILES string of the molecule is CC(=O)Nc1ccc(-c2ccc(C(=O)C[N+](=O)[O-])cc2)c(Cl)c1. The highest BCUT2D eigenvalue weighted by molar-refractivity contribution is 6.33. The van der Waals surface area contributed by atoms with E-state index in [9.17, 15) is 19.7 Å². The van der Waals surface area contributed by atoms with Crippen LogP contribution in [0.2, 0.25) is 5.02 Å². The molecule has 0 fully saturated rings. The van der Waals surface area contributed by atoms with Crippen molar-refractivity contribution in [2.45, 2.75) is 6.92 Å². The Hall–Kier alpha value is -2.73. The normalized spacial score (nSPS) is 10.2. The number of rotatable bonds is 5. The zero-order valence-corrected chi connectivity index (χ0v) is 13.0. The van der Waals surface area contributed by atoms with Crippen LogP contribution >= 0.6 is 11.6 Å². The van der Waals surface area contributed by atoms with Crippen molar-refractivity contribution in [1.82, 2.24) is 0 Å². The van der Waals surface area contributed by atoms with Crippen molar-refractivity contribution in [3.63, 3.8) is 0 Å². The van der Waals surface area contributed by atoms with Gasteiger partial charge in [-0.25, -0.2) is 0 Å². The highest BCUT2D eigenvalue weighted by Gasteiger charge is 2.13. The Morgan fingerprint density at radius 1 is 1.17 bits per heavy atom. The van der Waals surface area contributed by atoms with Crippen molar-refractivity contribution in [2.75, 3.05) is 11.9 Å². The first-order valence-corrected chi connectivity index (χ1v) is 7.07. The van der Waals surface area contributed by atoms with Crippen LogP contribution in [-0.4, -0.2) is 23.2 Å². The lowest BCUT2D eigenvalue weighted by molar-refractivity contribution is -0.465. The van der Waals surface area contributed by atoms with E-state index in [1.807, 2.05) is 0 Å². The van der Waals surface area contributed by atoms with Gasteiger partial charge in [-0.2, -0.15) is 0 Å². The molecule has 0 aromatic heterocycles. The van der Waals surface area contributed by atoms with Crippen LogP contribution in [0.3, 0.4) is 0 Å². The third-order valence-electron chi connectivity index (χ3n) is 3.08. The molecule has 118 valence electrons. The van der Waals surface area contributed by atoms with Crippen molar-refractivity contribution >= 4 is 29.0 Å². The molecule has 0 saturated carbocycles. The first-order chi connectivity index (χ1) is 10.9. The molecule has 2 aromatic rings. The molecular weight excluding hydrogens is 320 g/mol. The summed E-state index contributed by atoms with van der Waals surface area (Å²) >= 11 is 6.21. The van der Waals surface area contributed by atoms with Crippen molar-refractivity contribution in [3.05, 3.63) is 63.2 Å². The second-order valence-corrected chi connectivity index (χ2v) is 5.27. The maximum absolute atomic E-state index is 11.6. The van der Waals surface area contributed by atoms with E-state index >= 15 is 0 Å². The number of hydrogen-bond acceptors (Lipinski definition) is 4. The van der Waals surface area contributed by atoms with E-state index in [2.05, 4.69) is 5.32 Å². The number of nitro groups is 1. The van der Waals surface area contributed by atoms with Crippen molar-refractivity contribution < 1.29 is 14.5 Å². The van der Waals surface area contributed by atoms with Crippen LogP contribution in [0.25, 0.3) is 11.1 Å². The van der Waals surface area contributed by atoms with Gasteiger partial charge < -0.3 is 5.32 Å². The van der Waals surface area contributed by atoms with Gasteiger partial charge >= 0.3 is 0 Å². The van der Waals surface area contributed by atoms with Crippen LogP contribution in [-0.2, 0) is 4.79 Å². The average Bonchev–Trinajstić information content (AvgIpc) is 2.46. The van der Waals surface area contributed by atoms with Crippen LogP contribution in [0.1, 0.15) is 17.3 Å². The highest BCUT2D eigenvalue weighted by Crippen LogP contribution is 2.30. The minimum atomic E-state index is -0.731. The second-order valence-electron chi connectivity index (χ2n) is 4.87. The molecule has 2 aromatic carbocycles. The maximum Gasteiger partial charge on any atom is 0.265 e. The third kappa shape index (κ3) is 4.37. The summed E-state index contributed by atoms with van der Waals surface area (Å²) in [6.07, 6.45) is 0. The predicted octanol–water partition coefficient (Wildman–Crippen LogP) is 3.42.